The summed E-state index contributed by atoms with van der Waals surface area (Å²) < 4.78 is 5.13. The van der Waals surface area contributed by atoms with Gasteiger partial charge in [-0.15, -0.1) is 0 Å². The molecule has 1 aromatic carbocycles. The lowest BCUT2D eigenvalue weighted by Gasteiger charge is -2.33. The molecule has 3 rings (SSSR count). The van der Waals surface area contributed by atoms with E-state index in [2.05, 4.69) is 10.2 Å². The fraction of sp³-hybridized carbons (Fsp3) is 0.600. The molecule has 21 heavy (non-hydrogen) atoms. The molecule has 2 fully saturated rings. The van der Waals surface area contributed by atoms with Crippen molar-refractivity contribution in [2.75, 3.05) is 25.5 Å². The van der Waals surface area contributed by atoms with Crippen molar-refractivity contribution in [3.63, 3.8) is 0 Å². The molecule has 2 aliphatic rings. The Kier molecular flexibility index (Phi) is 3.96. The summed E-state index contributed by atoms with van der Waals surface area (Å²) in [5.74, 6) is 0.309. The van der Waals surface area contributed by atoms with E-state index >= 15 is 0 Å². The number of fused-ring (bicyclic) bond motifs is 1. The number of nitro groups is 1. The zero-order valence-electron chi connectivity index (χ0n) is 12.2. The number of nitro benzene ring substituents is 1. The minimum Gasteiger partial charge on any atom is -0.490 e. The maximum atomic E-state index is 10.9. The van der Waals surface area contributed by atoms with E-state index in [1.54, 1.807) is 12.1 Å². The summed E-state index contributed by atoms with van der Waals surface area (Å²) in [6, 6.07) is 6.03. The Labute approximate surface area is 124 Å². The van der Waals surface area contributed by atoms with Crippen LogP contribution in [0.4, 0.5) is 11.4 Å². The van der Waals surface area contributed by atoms with Crippen molar-refractivity contribution < 1.29 is 9.66 Å². The van der Waals surface area contributed by atoms with Crippen molar-refractivity contribution in [2.24, 2.45) is 0 Å². The average molecular weight is 291 g/mol. The van der Waals surface area contributed by atoms with Gasteiger partial charge in [-0.25, -0.2) is 0 Å². The number of methoxy groups -OCH3 is 1. The molecular weight excluding hydrogens is 270 g/mol. The van der Waals surface area contributed by atoms with Gasteiger partial charge in [-0.2, -0.15) is 0 Å². The second-order valence-electron chi connectivity index (χ2n) is 5.78. The van der Waals surface area contributed by atoms with Gasteiger partial charge < -0.3 is 10.1 Å². The number of ether oxygens (including phenoxy) is 1. The zero-order chi connectivity index (χ0) is 14.8. The lowest BCUT2D eigenvalue weighted by Crippen LogP contribution is -2.41. The molecule has 2 atom stereocenters. The predicted molar refractivity (Wildman–Crippen MR) is 80.9 cm³/mol. The van der Waals surface area contributed by atoms with Crippen LogP contribution >= 0.6 is 0 Å². The van der Waals surface area contributed by atoms with Crippen LogP contribution in [0.5, 0.6) is 5.75 Å². The normalized spacial score (nSPS) is 25.4. The summed E-state index contributed by atoms with van der Waals surface area (Å²) in [4.78, 5) is 13.1. The first-order valence-corrected chi connectivity index (χ1v) is 7.52. The highest BCUT2D eigenvalue weighted by Gasteiger charge is 2.35. The topological polar surface area (TPSA) is 67.6 Å². The third-order valence-electron chi connectivity index (χ3n) is 4.58. The molecule has 114 valence electrons. The molecule has 0 spiro atoms. The fourth-order valence-corrected chi connectivity index (χ4v) is 3.55. The summed E-state index contributed by atoms with van der Waals surface area (Å²) in [5.41, 5.74) is 0.906. The van der Waals surface area contributed by atoms with E-state index < -0.39 is 4.92 Å². The zero-order valence-corrected chi connectivity index (χ0v) is 12.2. The van der Waals surface area contributed by atoms with Gasteiger partial charge in [0, 0.05) is 36.4 Å². The number of benzene rings is 1. The van der Waals surface area contributed by atoms with Crippen LogP contribution in [0.2, 0.25) is 0 Å². The van der Waals surface area contributed by atoms with Gasteiger partial charge in [-0.1, -0.05) is 6.42 Å². The summed E-state index contributed by atoms with van der Waals surface area (Å²) in [7, 11) is 1.46. The summed E-state index contributed by atoms with van der Waals surface area (Å²) in [5, 5.41) is 14.5. The highest BCUT2D eigenvalue weighted by Crippen LogP contribution is 2.33. The van der Waals surface area contributed by atoms with Crippen molar-refractivity contribution in [1.29, 1.82) is 0 Å². The molecule has 0 radical (unpaired) electrons. The van der Waals surface area contributed by atoms with Gasteiger partial charge >= 0.3 is 5.69 Å². The number of piperidine rings is 1. The molecule has 1 aromatic rings. The Morgan fingerprint density at radius 1 is 1.33 bits per heavy atom. The molecule has 2 aliphatic heterocycles. The van der Waals surface area contributed by atoms with E-state index in [1.165, 1.54) is 39.0 Å². The van der Waals surface area contributed by atoms with Gasteiger partial charge in [0.25, 0.3) is 0 Å². The van der Waals surface area contributed by atoms with Crippen molar-refractivity contribution in [2.45, 2.75) is 37.8 Å². The Bertz CT molecular complexity index is 535. The third-order valence-corrected chi connectivity index (χ3v) is 4.58. The smallest absolute Gasteiger partial charge is 0.311 e. The first-order chi connectivity index (χ1) is 10.2. The third kappa shape index (κ3) is 2.81. The lowest BCUT2D eigenvalue weighted by atomic mass is 9.99. The standard InChI is InChI=1S/C15H21N3O3/c1-21-15-10-11(5-6-14(15)18(19)20)16-12-7-9-17-8-3-2-4-13(12)17/h5-6,10,12-13,16H,2-4,7-9H2,1H3. The quantitative estimate of drug-likeness (QED) is 0.682. The summed E-state index contributed by atoms with van der Waals surface area (Å²) in [6.07, 6.45) is 4.96. The van der Waals surface area contributed by atoms with E-state index in [1.807, 2.05) is 0 Å². The number of rotatable bonds is 4. The van der Waals surface area contributed by atoms with Crippen LogP contribution in [0.3, 0.4) is 0 Å². The molecular formula is C15H21N3O3. The molecule has 0 amide bonds. The second-order valence-corrected chi connectivity index (χ2v) is 5.78. The van der Waals surface area contributed by atoms with E-state index in [4.69, 9.17) is 4.74 Å². The Morgan fingerprint density at radius 3 is 2.95 bits per heavy atom. The summed E-state index contributed by atoms with van der Waals surface area (Å²) in [6.45, 7) is 2.35. The minimum absolute atomic E-state index is 0.00812. The first-order valence-electron chi connectivity index (χ1n) is 7.52. The largest absolute Gasteiger partial charge is 0.490 e. The van der Waals surface area contributed by atoms with Crippen molar-refractivity contribution in [1.82, 2.24) is 4.90 Å². The second kappa shape index (κ2) is 5.89. The minimum atomic E-state index is -0.416. The highest BCUT2D eigenvalue weighted by molar-refractivity contribution is 5.58. The predicted octanol–water partition coefficient (Wildman–Crippen LogP) is 2.64. The molecule has 0 aliphatic carbocycles. The average Bonchev–Trinajstić information content (AvgIpc) is 2.90. The van der Waals surface area contributed by atoms with E-state index in [0.717, 1.165) is 18.7 Å². The van der Waals surface area contributed by atoms with Crippen LogP contribution in [0.15, 0.2) is 18.2 Å². The first kappa shape index (κ1) is 14.1. The molecule has 2 heterocycles. The monoisotopic (exact) mass is 291 g/mol. The molecule has 1 N–H and O–H groups in total. The van der Waals surface area contributed by atoms with Crippen LogP contribution < -0.4 is 10.1 Å². The number of nitrogens with one attached hydrogen (secondary N) is 1. The molecule has 0 aromatic heterocycles. The molecule has 0 bridgehead atoms. The van der Waals surface area contributed by atoms with E-state index in [0.29, 0.717) is 17.8 Å². The maximum absolute atomic E-state index is 10.9. The van der Waals surface area contributed by atoms with Gasteiger partial charge in [0.15, 0.2) is 5.75 Å². The van der Waals surface area contributed by atoms with Gasteiger partial charge in [-0.3, -0.25) is 15.0 Å². The van der Waals surface area contributed by atoms with Crippen LogP contribution in [0, 0.1) is 10.1 Å². The molecule has 6 nitrogen and oxygen atoms in total. The van der Waals surface area contributed by atoms with Crippen molar-refractivity contribution in [3.05, 3.63) is 28.3 Å². The number of anilines is 1. The van der Waals surface area contributed by atoms with E-state index in [9.17, 15) is 10.1 Å². The highest BCUT2D eigenvalue weighted by atomic mass is 16.6. The Hall–Kier alpha value is -1.82. The van der Waals surface area contributed by atoms with Gasteiger partial charge in [0.2, 0.25) is 0 Å². The Morgan fingerprint density at radius 2 is 2.19 bits per heavy atom. The van der Waals surface area contributed by atoms with Gasteiger partial charge in [0.05, 0.1) is 12.0 Å². The number of hydrogen-bond donors (Lipinski definition) is 1. The van der Waals surface area contributed by atoms with Gasteiger partial charge in [-0.05, 0) is 31.9 Å². The van der Waals surface area contributed by atoms with Crippen molar-refractivity contribution >= 4 is 11.4 Å². The molecule has 2 unspecified atom stereocenters. The fourth-order valence-electron chi connectivity index (χ4n) is 3.55. The molecule has 6 heteroatoms. The maximum Gasteiger partial charge on any atom is 0.311 e. The van der Waals surface area contributed by atoms with Crippen LogP contribution in [-0.2, 0) is 0 Å². The SMILES string of the molecule is COc1cc(NC2CCN3CCCCC23)ccc1[N+](=O)[O-]. The lowest BCUT2D eigenvalue weighted by molar-refractivity contribution is -0.385. The summed E-state index contributed by atoms with van der Waals surface area (Å²) >= 11 is 0. The van der Waals surface area contributed by atoms with Crippen LogP contribution in [-0.4, -0.2) is 42.1 Å². The molecule has 0 saturated carbocycles. The van der Waals surface area contributed by atoms with Crippen LogP contribution in [0.25, 0.3) is 0 Å². The Balaban J connectivity index is 1.74. The van der Waals surface area contributed by atoms with E-state index in [-0.39, 0.29) is 5.69 Å². The molecule has 2 saturated heterocycles. The number of hydrogen-bond acceptors (Lipinski definition) is 5. The van der Waals surface area contributed by atoms with Crippen LogP contribution in [0.1, 0.15) is 25.7 Å². The number of nitrogens with zero attached hydrogens (tertiary/aromatic N) is 2. The van der Waals surface area contributed by atoms with Crippen molar-refractivity contribution in [3.8, 4) is 5.75 Å². The van der Waals surface area contributed by atoms with Gasteiger partial charge in [0.1, 0.15) is 0 Å².